The molecule has 0 saturated heterocycles. The van der Waals surface area contributed by atoms with E-state index in [2.05, 4.69) is 14.7 Å². The van der Waals surface area contributed by atoms with Crippen molar-refractivity contribution in [2.75, 3.05) is 12.9 Å². The number of oxazole rings is 1. The molecule has 4 heterocycles. The van der Waals surface area contributed by atoms with Crippen LogP contribution < -0.4 is 9.46 Å². The van der Waals surface area contributed by atoms with E-state index in [1.807, 2.05) is 0 Å². The summed E-state index contributed by atoms with van der Waals surface area (Å²) < 4.78 is 44.4. The minimum atomic E-state index is -3.28. The predicted octanol–water partition coefficient (Wildman–Crippen LogP) is 2.44. The summed E-state index contributed by atoms with van der Waals surface area (Å²) in [5.41, 5.74) is 0.224. The van der Waals surface area contributed by atoms with Crippen molar-refractivity contribution >= 4 is 10.0 Å². The summed E-state index contributed by atoms with van der Waals surface area (Å²) in [5, 5.41) is 0. The van der Waals surface area contributed by atoms with Gasteiger partial charge >= 0.3 is 0 Å². The Morgan fingerprint density at radius 2 is 2.00 bits per heavy atom. The average molecular weight is 449 g/mol. The molecule has 0 aromatic carbocycles. The highest BCUT2D eigenvalue weighted by Crippen LogP contribution is 2.43. The maximum absolute atomic E-state index is 11.8. The molecule has 10 heteroatoms. The van der Waals surface area contributed by atoms with Crippen LogP contribution in [0.4, 0.5) is 0 Å². The van der Waals surface area contributed by atoms with E-state index in [9.17, 15) is 8.42 Å². The van der Waals surface area contributed by atoms with Crippen LogP contribution in [0.1, 0.15) is 68.3 Å². The molecule has 6 rings (SSSR count). The highest BCUT2D eigenvalue weighted by atomic mass is 32.2. The third-order valence-electron chi connectivity index (χ3n) is 6.65. The highest BCUT2D eigenvalue weighted by Gasteiger charge is 2.46. The molecule has 2 aliphatic heterocycles. The Labute approximate surface area is 182 Å². The van der Waals surface area contributed by atoms with E-state index < -0.39 is 15.4 Å². The molecule has 1 spiro atoms. The van der Waals surface area contributed by atoms with Gasteiger partial charge in [0.25, 0.3) is 0 Å². The molecule has 168 valence electrons. The predicted molar refractivity (Wildman–Crippen MR) is 111 cm³/mol. The summed E-state index contributed by atoms with van der Waals surface area (Å²) in [5.74, 6) is 2.27. The number of ether oxygens (including phenoxy) is 2. The van der Waals surface area contributed by atoms with Crippen molar-refractivity contribution in [2.24, 2.45) is 0 Å². The van der Waals surface area contributed by atoms with Gasteiger partial charge in [0.05, 0.1) is 24.4 Å². The van der Waals surface area contributed by atoms with Crippen molar-refractivity contribution < 1.29 is 22.3 Å². The Hall–Kier alpha value is -2.04. The monoisotopic (exact) mass is 448 g/mol. The van der Waals surface area contributed by atoms with Crippen LogP contribution in [-0.4, -0.2) is 48.4 Å². The molecule has 1 N–H and O–H groups in total. The molecule has 2 atom stereocenters. The van der Waals surface area contributed by atoms with E-state index in [1.165, 1.54) is 6.26 Å². The fraction of sp³-hybridized carbons (Fsp3) is 0.667. The van der Waals surface area contributed by atoms with E-state index in [0.29, 0.717) is 36.4 Å². The maximum atomic E-state index is 11.8. The molecular formula is C21H28N4O5S. The zero-order valence-electron chi connectivity index (χ0n) is 17.6. The van der Waals surface area contributed by atoms with Crippen LogP contribution in [0.5, 0.6) is 5.88 Å². The number of hydrogen-bond acceptors (Lipinski definition) is 8. The number of nitrogens with zero attached hydrogens (tertiary/aromatic N) is 3. The topological polar surface area (TPSA) is 116 Å². The second-order valence-electron chi connectivity index (χ2n) is 9.08. The first-order valence-electron chi connectivity index (χ1n) is 10.9. The second-order valence-corrected chi connectivity index (χ2v) is 10.9. The van der Waals surface area contributed by atoms with Crippen LogP contribution in [-0.2, 0) is 26.8 Å². The lowest BCUT2D eigenvalue weighted by atomic mass is 9.85. The summed E-state index contributed by atoms with van der Waals surface area (Å²) in [6, 6.07) is 1.61. The van der Waals surface area contributed by atoms with Gasteiger partial charge in [0.1, 0.15) is 24.4 Å². The number of aromatic nitrogens is 3. The van der Waals surface area contributed by atoms with Crippen molar-refractivity contribution in [3.8, 4) is 5.88 Å². The number of sulfonamides is 1. The van der Waals surface area contributed by atoms with E-state index >= 15 is 0 Å². The minimum Gasteiger partial charge on any atom is -0.471 e. The molecule has 31 heavy (non-hydrogen) atoms. The number of fused-ring (bicyclic) bond motifs is 4. The Balaban J connectivity index is 1.43. The van der Waals surface area contributed by atoms with Crippen LogP contribution in [0.15, 0.2) is 22.9 Å². The third kappa shape index (κ3) is 4.61. The van der Waals surface area contributed by atoms with E-state index in [0.717, 1.165) is 44.3 Å². The van der Waals surface area contributed by atoms with Crippen molar-refractivity contribution in [2.45, 2.75) is 75.0 Å². The molecule has 9 nitrogen and oxygen atoms in total. The first-order chi connectivity index (χ1) is 14.9. The smallest absolute Gasteiger partial charge is 0.216 e. The molecule has 4 aliphatic rings. The van der Waals surface area contributed by atoms with Gasteiger partial charge in [0.2, 0.25) is 21.8 Å². The molecule has 0 radical (unpaired) electrons. The average Bonchev–Trinajstić information content (AvgIpc) is 3.38. The second kappa shape index (κ2) is 8.14. The zero-order valence-corrected chi connectivity index (χ0v) is 18.4. The molecule has 2 fully saturated rings. The Bertz CT molecular complexity index is 1030. The summed E-state index contributed by atoms with van der Waals surface area (Å²) in [7, 11) is -3.28. The fourth-order valence-electron chi connectivity index (χ4n) is 5.08. The largest absolute Gasteiger partial charge is 0.471 e. The lowest BCUT2D eigenvalue weighted by molar-refractivity contribution is -0.0104. The summed E-state index contributed by atoms with van der Waals surface area (Å²) >= 11 is 0. The number of rotatable bonds is 2. The standard InChI is InChI=1S/C21H28N4O5S/c1-31(26,27)25-15-6-8-21(10-15)13-30-17-4-2-14(3-5-17)19-22-9-7-18(24-19)28-11-16-12-29-20(21)23-16/h7,9,12,14-15,17,25H,2-6,8,10-11,13H2,1H3/t14?,15-,17?,21-/m0/s1. The Morgan fingerprint density at radius 3 is 2.81 bits per heavy atom. The fourth-order valence-corrected chi connectivity index (χ4v) is 5.89. The summed E-state index contributed by atoms with van der Waals surface area (Å²) in [6.07, 6.45) is 10.6. The third-order valence-corrected chi connectivity index (χ3v) is 7.41. The van der Waals surface area contributed by atoms with Crippen molar-refractivity contribution in [1.29, 1.82) is 0 Å². The lowest BCUT2D eigenvalue weighted by Gasteiger charge is -2.32. The van der Waals surface area contributed by atoms with Gasteiger partial charge in [-0.2, -0.15) is 4.98 Å². The summed E-state index contributed by atoms with van der Waals surface area (Å²) in [6.45, 7) is 0.713. The van der Waals surface area contributed by atoms with E-state index in [4.69, 9.17) is 18.9 Å². The van der Waals surface area contributed by atoms with Crippen LogP contribution in [0.25, 0.3) is 0 Å². The molecular weight excluding hydrogens is 420 g/mol. The van der Waals surface area contributed by atoms with Gasteiger partial charge in [0.15, 0.2) is 0 Å². The van der Waals surface area contributed by atoms with Gasteiger partial charge in [-0.1, -0.05) is 0 Å². The molecule has 2 aromatic rings. The Morgan fingerprint density at radius 1 is 1.16 bits per heavy atom. The minimum absolute atomic E-state index is 0.153. The normalized spacial score (nSPS) is 31.2. The van der Waals surface area contributed by atoms with Gasteiger partial charge in [-0.25, -0.2) is 23.1 Å². The number of nitrogens with one attached hydrogen (secondary N) is 1. The van der Waals surface area contributed by atoms with Gasteiger partial charge in [-0.15, -0.1) is 0 Å². The van der Waals surface area contributed by atoms with Crippen LogP contribution in [0, 0.1) is 0 Å². The lowest BCUT2D eigenvalue weighted by Crippen LogP contribution is -2.37. The first kappa shape index (κ1) is 20.8. The van der Waals surface area contributed by atoms with Crippen LogP contribution in [0.2, 0.25) is 0 Å². The van der Waals surface area contributed by atoms with Gasteiger partial charge in [-0.3, -0.25) is 0 Å². The van der Waals surface area contributed by atoms with Gasteiger partial charge < -0.3 is 13.9 Å². The maximum Gasteiger partial charge on any atom is 0.216 e. The van der Waals surface area contributed by atoms with Crippen molar-refractivity contribution in [3.63, 3.8) is 0 Å². The van der Waals surface area contributed by atoms with Gasteiger partial charge in [0, 0.05) is 24.2 Å². The molecule has 2 aliphatic carbocycles. The SMILES string of the molecule is CS(=O)(=O)N[C@H]1CC[C@@]2(COC3CCC(CC3)c3nccc(n3)OCc3coc2n3)C1. The van der Waals surface area contributed by atoms with Gasteiger partial charge in [-0.05, 0) is 44.9 Å². The molecule has 2 aromatic heterocycles. The molecule has 2 saturated carbocycles. The van der Waals surface area contributed by atoms with Crippen LogP contribution >= 0.6 is 0 Å². The quantitative estimate of drug-likeness (QED) is 0.745. The first-order valence-corrected chi connectivity index (χ1v) is 12.8. The molecule has 0 unspecified atom stereocenters. The number of hydrogen-bond donors (Lipinski definition) is 1. The summed E-state index contributed by atoms with van der Waals surface area (Å²) in [4.78, 5) is 13.8. The van der Waals surface area contributed by atoms with E-state index in [1.54, 1.807) is 18.5 Å². The molecule has 0 amide bonds. The Kier molecular flexibility index (Phi) is 5.47. The van der Waals surface area contributed by atoms with Crippen molar-refractivity contribution in [1.82, 2.24) is 19.7 Å². The van der Waals surface area contributed by atoms with Crippen molar-refractivity contribution in [3.05, 3.63) is 35.9 Å². The molecule has 6 bridgehead atoms. The van der Waals surface area contributed by atoms with E-state index in [-0.39, 0.29) is 18.8 Å². The van der Waals surface area contributed by atoms with Crippen LogP contribution in [0.3, 0.4) is 0 Å². The zero-order chi connectivity index (χ0) is 21.5. The highest BCUT2D eigenvalue weighted by molar-refractivity contribution is 7.88.